The van der Waals surface area contributed by atoms with E-state index in [1.54, 1.807) is 0 Å². The second-order valence-corrected chi connectivity index (χ2v) is 2.89. The first kappa shape index (κ1) is 11.2. The number of esters is 2. The smallest absolute Gasteiger partial charge is 0.332 e. The maximum absolute atomic E-state index is 11.1. The van der Waals surface area contributed by atoms with E-state index in [9.17, 15) is 14.4 Å². The van der Waals surface area contributed by atoms with Crippen molar-refractivity contribution >= 4 is 17.8 Å². The molecule has 1 saturated heterocycles. The Morgan fingerprint density at radius 1 is 1.40 bits per heavy atom. The van der Waals surface area contributed by atoms with Gasteiger partial charge in [0, 0.05) is 25.0 Å². The topological polar surface area (TPSA) is 81.7 Å². The number of nitrogens with one attached hydrogen (secondary N) is 1. The molecule has 0 saturated carbocycles. The van der Waals surface area contributed by atoms with Gasteiger partial charge in [-0.1, -0.05) is 0 Å². The van der Waals surface area contributed by atoms with Crippen LogP contribution in [0.1, 0.15) is 12.8 Å². The van der Waals surface area contributed by atoms with Crippen LogP contribution in [0.3, 0.4) is 0 Å². The summed E-state index contributed by atoms with van der Waals surface area (Å²) in [6.07, 6.45) is 2.12. The Morgan fingerprint density at radius 2 is 2.07 bits per heavy atom. The van der Waals surface area contributed by atoms with Gasteiger partial charge in [-0.25, -0.2) is 9.59 Å². The lowest BCUT2D eigenvalue weighted by atomic mass is 10.3. The molecule has 0 aliphatic carbocycles. The minimum absolute atomic E-state index is 0.148. The second kappa shape index (κ2) is 5.14. The predicted octanol–water partition coefficient (Wildman–Crippen LogP) is -0.505. The molecule has 82 valence electrons. The Hall–Kier alpha value is -1.85. The number of hydrogen-bond donors (Lipinski definition) is 1. The van der Waals surface area contributed by atoms with Gasteiger partial charge < -0.3 is 14.8 Å². The van der Waals surface area contributed by atoms with E-state index in [2.05, 4.69) is 10.1 Å². The Labute approximate surface area is 86.2 Å². The quantitative estimate of drug-likeness (QED) is 0.504. The zero-order chi connectivity index (χ0) is 11.3. The maximum atomic E-state index is 11.1. The van der Waals surface area contributed by atoms with Crippen LogP contribution in [0, 0.1) is 0 Å². The van der Waals surface area contributed by atoms with Crippen molar-refractivity contribution in [2.75, 3.05) is 7.11 Å². The van der Waals surface area contributed by atoms with E-state index in [1.807, 2.05) is 0 Å². The highest BCUT2D eigenvalue weighted by atomic mass is 16.6. The fraction of sp³-hybridized carbons (Fsp3) is 0.444. The standard InChI is InChI=1S/C9H11NO5/c1-14-8(12)4-5-9(13)15-7-3-2-6(11)10-7/h4-5,7H,2-3H2,1H3,(H,10,11)/b5-4+/t7-/m0/s1. The summed E-state index contributed by atoms with van der Waals surface area (Å²) in [7, 11) is 1.20. The van der Waals surface area contributed by atoms with E-state index in [0.29, 0.717) is 12.8 Å². The van der Waals surface area contributed by atoms with Gasteiger partial charge in [-0.3, -0.25) is 4.79 Å². The molecule has 1 fully saturated rings. The van der Waals surface area contributed by atoms with Gasteiger partial charge in [0.05, 0.1) is 7.11 Å². The van der Waals surface area contributed by atoms with Crippen LogP contribution in [-0.4, -0.2) is 31.2 Å². The van der Waals surface area contributed by atoms with Crippen LogP contribution in [0.4, 0.5) is 0 Å². The van der Waals surface area contributed by atoms with Crippen molar-refractivity contribution in [3.05, 3.63) is 12.2 Å². The molecular weight excluding hydrogens is 202 g/mol. The number of amides is 1. The van der Waals surface area contributed by atoms with E-state index >= 15 is 0 Å². The molecule has 1 atom stereocenters. The molecule has 1 aliphatic rings. The molecule has 0 bridgehead atoms. The van der Waals surface area contributed by atoms with Gasteiger partial charge >= 0.3 is 11.9 Å². The number of rotatable bonds is 3. The van der Waals surface area contributed by atoms with Crippen LogP contribution in [0.25, 0.3) is 0 Å². The Morgan fingerprint density at radius 3 is 2.60 bits per heavy atom. The molecule has 6 heteroatoms. The van der Waals surface area contributed by atoms with E-state index in [1.165, 1.54) is 7.11 Å². The number of carbonyl (C=O) groups excluding carboxylic acids is 3. The number of carbonyl (C=O) groups is 3. The van der Waals surface area contributed by atoms with Crippen molar-refractivity contribution in [2.24, 2.45) is 0 Å². The zero-order valence-corrected chi connectivity index (χ0v) is 8.19. The molecule has 1 aliphatic heterocycles. The molecule has 1 amide bonds. The van der Waals surface area contributed by atoms with Gasteiger partial charge in [0.15, 0.2) is 6.23 Å². The summed E-state index contributed by atoms with van der Waals surface area (Å²) in [5.74, 6) is -1.47. The summed E-state index contributed by atoms with van der Waals surface area (Å²) in [6, 6.07) is 0. The Bertz CT molecular complexity index is 310. The maximum Gasteiger partial charge on any atom is 0.332 e. The summed E-state index contributed by atoms with van der Waals surface area (Å²) in [6.45, 7) is 0. The minimum Gasteiger partial charge on any atom is -0.466 e. The molecule has 0 aromatic carbocycles. The van der Waals surface area contributed by atoms with Gasteiger partial charge in [0.2, 0.25) is 5.91 Å². The molecule has 1 heterocycles. The highest BCUT2D eigenvalue weighted by Crippen LogP contribution is 2.07. The zero-order valence-electron chi connectivity index (χ0n) is 8.19. The van der Waals surface area contributed by atoms with Crippen LogP contribution >= 0.6 is 0 Å². The van der Waals surface area contributed by atoms with Gasteiger partial charge in [0.1, 0.15) is 0 Å². The molecule has 0 unspecified atom stereocenters. The van der Waals surface area contributed by atoms with Crippen molar-refractivity contribution in [2.45, 2.75) is 19.1 Å². The van der Waals surface area contributed by atoms with Crippen LogP contribution < -0.4 is 5.32 Å². The highest BCUT2D eigenvalue weighted by Gasteiger charge is 2.23. The van der Waals surface area contributed by atoms with Gasteiger partial charge in [-0.15, -0.1) is 0 Å². The summed E-state index contributed by atoms with van der Waals surface area (Å²) in [4.78, 5) is 32.4. The molecule has 0 radical (unpaired) electrons. The molecule has 0 aromatic rings. The lowest BCUT2D eigenvalue weighted by Gasteiger charge is -2.08. The third-order valence-electron chi connectivity index (χ3n) is 1.77. The van der Waals surface area contributed by atoms with Crippen molar-refractivity contribution < 1.29 is 23.9 Å². The van der Waals surface area contributed by atoms with Crippen molar-refractivity contribution in [3.63, 3.8) is 0 Å². The molecule has 0 spiro atoms. The van der Waals surface area contributed by atoms with Gasteiger partial charge in [0.25, 0.3) is 0 Å². The van der Waals surface area contributed by atoms with Crippen LogP contribution in [-0.2, 0) is 23.9 Å². The molecule has 6 nitrogen and oxygen atoms in total. The second-order valence-electron chi connectivity index (χ2n) is 2.89. The van der Waals surface area contributed by atoms with Crippen molar-refractivity contribution in [3.8, 4) is 0 Å². The van der Waals surface area contributed by atoms with Crippen LogP contribution in [0.5, 0.6) is 0 Å². The number of methoxy groups -OCH3 is 1. The summed E-state index contributed by atoms with van der Waals surface area (Å²) in [5.41, 5.74) is 0. The first-order valence-corrected chi connectivity index (χ1v) is 4.38. The predicted molar refractivity (Wildman–Crippen MR) is 48.4 cm³/mol. The summed E-state index contributed by atoms with van der Waals surface area (Å²) < 4.78 is 9.10. The van der Waals surface area contributed by atoms with E-state index in [4.69, 9.17) is 4.74 Å². The average Bonchev–Trinajstić information content (AvgIpc) is 2.60. The molecule has 1 N–H and O–H groups in total. The molecule has 0 aromatic heterocycles. The highest BCUT2D eigenvalue weighted by molar-refractivity contribution is 5.91. The first-order chi connectivity index (χ1) is 7.11. The third-order valence-corrected chi connectivity index (χ3v) is 1.77. The normalized spacial score (nSPS) is 20.1. The largest absolute Gasteiger partial charge is 0.466 e. The van der Waals surface area contributed by atoms with E-state index in [0.717, 1.165) is 12.2 Å². The van der Waals surface area contributed by atoms with Gasteiger partial charge in [-0.05, 0) is 0 Å². The SMILES string of the molecule is COC(=O)/C=C/C(=O)O[C@H]1CCC(=O)N1. The fourth-order valence-corrected chi connectivity index (χ4v) is 1.06. The third kappa shape index (κ3) is 3.80. The van der Waals surface area contributed by atoms with Crippen molar-refractivity contribution in [1.82, 2.24) is 5.32 Å². The molecule has 1 rings (SSSR count). The summed E-state index contributed by atoms with van der Waals surface area (Å²) >= 11 is 0. The lowest BCUT2D eigenvalue weighted by molar-refractivity contribution is -0.145. The monoisotopic (exact) mass is 213 g/mol. The van der Waals surface area contributed by atoms with E-state index < -0.39 is 18.2 Å². The average molecular weight is 213 g/mol. The molecule has 15 heavy (non-hydrogen) atoms. The Balaban J connectivity index is 2.33. The van der Waals surface area contributed by atoms with E-state index in [-0.39, 0.29) is 5.91 Å². The summed E-state index contributed by atoms with van der Waals surface area (Å²) in [5, 5.41) is 2.45. The molecular formula is C9H11NO5. The first-order valence-electron chi connectivity index (χ1n) is 4.38. The minimum atomic E-state index is -0.687. The number of ether oxygens (including phenoxy) is 2. The van der Waals surface area contributed by atoms with Crippen molar-refractivity contribution in [1.29, 1.82) is 0 Å². The van der Waals surface area contributed by atoms with Gasteiger partial charge in [-0.2, -0.15) is 0 Å². The Kier molecular flexibility index (Phi) is 3.84. The fourth-order valence-electron chi connectivity index (χ4n) is 1.06. The lowest BCUT2D eigenvalue weighted by Crippen LogP contribution is -2.29. The number of hydrogen-bond acceptors (Lipinski definition) is 5. The van der Waals surface area contributed by atoms with Crippen LogP contribution in [0.15, 0.2) is 12.2 Å². The van der Waals surface area contributed by atoms with Crippen LogP contribution in [0.2, 0.25) is 0 Å².